The fraction of sp³-hybridized carbons (Fsp3) is 0.964. The van der Waals surface area contributed by atoms with E-state index in [1.165, 1.54) is 51.4 Å². The van der Waals surface area contributed by atoms with Crippen LogP contribution in [0.25, 0.3) is 0 Å². The molecule has 1 saturated heterocycles. The number of likely N-dealkylation sites (tertiary alicyclic amines) is 1. The van der Waals surface area contributed by atoms with Crippen molar-refractivity contribution in [3.8, 4) is 0 Å². The van der Waals surface area contributed by atoms with E-state index in [1.807, 2.05) is 0 Å². The van der Waals surface area contributed by atoms with Crippen molar-refractivity contribution >= 4 is 5.78 Å². The number of hydrogen-bond donors (Lipinski definition) is 1. The van der Waals surface area contributed by atoms with Crippen molar-refractivity contribution in [3.05, 3.63) is 0 Å². The van der Waals surface area contributed by atoms with E-state index in [-0.39, 0.29) is 5.41 Å². The molecule has 1 N–H and O–H groups in total. The summed E-state index contributed by atoms with van der Waals surface area (Å²) in [5, 5.41) is 11.1. The summed E-state index contributed by atoms with van der Waals surface area (Å²) in [5.41, 5.74) is -0.0307. The van der Waals surface area contributed by atoms with Crippen LogP contribution in [0.15, 0.2) is 0 Å². The number of Topliss-reactive ketones (excluding diaryl/α,β-unsaturated/α-hetero) is 1. The second-order valence-corrected chi connectivity index (χ2v) is 13.0. The molecule has 5 rings (SSSR count). The normalized spacial score (nSPS) is 49.2. The van der Waals surface area contributed by atoms with E-state index in [9.17, 15) is 9.90 Å². The average Bonchev–Trinajstić information content (AvgIpc) is 3.13. The predicted molar refractivity (Wildman–Crippen MR) is 127 cm³/mol. The molecule has 0 amide bonds. The molecule has 4 nitrogen and oxygen atoms in total. The van der Waals surface area contributed by atoms with Gasteiger partial charge in [-0.2, -0.15) is 0 Å². The lowest BCUT2D eigenvalue weighted by atomic mass is 9.44. The van der Waals surface area contributed by atoms with Gasteiger partial charge in [-0.3, -0.25) is 9.69 Å². The molecule has 8 atom stereocenters. The molecule has 0 unspecified atom stereocenters. The maximum atomic E-state index is 13.5. The average molecular weight is 446 g/mol. The van der Waals surface area contributed by atoms with Gasteiger partial charge in [0.25, 0.3) is 0 Å². The zero-order valence-electron chi connectivity index (χ0n) is 20.9. The molecule has 32 heavy (non-hydrogen) atoms. The van der Waals surface area contributed by atoms with Crippen molar-refractivity contribution < 1.29 is 14.6 Å². The Bertz CT molecular complexity index is 705. The highest BCUT2D eigenvalue weighted by atomic mass is 16.5. The highest BCUT2D eigenvalue weighted by Gasteiger charge is 2.62. The molecule has 0 radical (unpaired) electrons. The smallest absolute Gasteiger partial charge is 0.150 e. The molecule has 1 aliphatic heterocycles. The zero-order valence-corrected chi connectivity index (χ0v) is 20.9. The van der Waals surface area contributed by atoms with Crippen LogP contribution in [0, 0.1) is 40.4 Å². The van der Waals surface area contributed by atoms with Gasteiger partial charge in [0.15, 0.2) is 0 Å². The first-order valence-electron chi connectivity index (χ1n) is 13.8. The second-order valence-electron chi connectivity index (χ2n) is 13.0. The number of piperidine rings is 1. The molecule has 4 heteroatoms. The third kappa shape index (κ3) is 3.81. The molecule has 182 valence electrons. The van der Waals surface area contributed by atoms with Gasteiger partial charge in [-0.05, 0) is 118 Å². The molecule has 0 bridgehead atoms. The molecule has 4 saturated carbocycles. The van der Waals surface area contributed by atoms with Crippen LogP contribution in [-0.4, -0.2) is 54.7 Å². The Balaban J connectivity index is 1.29. The number of rotatable bonds is 5. The van der Waals surface area contributed by atoms with Crippen molar-refractivity contribution in [3.63, 3.8) is 0 Å². The SMILES string of the molecule is COC[C@@]1(O)CC[C@@]2(C)[C@@H](CC[C@@H]3[C@@H]2CC[C@]2(C)[C@@H](C(=O)CN4CCCCC4)CC[C@@H]32)C1. The fourth-order valence-corrected chi connectivity index (χ4v) is 9.70. The molecule has 0 aromatic rings. The van der Waals surface area contributed by atoms with Crippen molar-refractivity contribution in [1.29, 1.82) is 0 Å². The minimum Gasteiger partial charge on any atom is -0.387 e. The number of methoxy groups -OCH3 is 1. The summed E-state index contributed by atoms with van der Waals surface area (Å²) in [5.74, 6) is 3.77. The summed E-state index contributed by atoms with van der Waals surface area (Å²) < 4.78 is 5.38. The molecule has 5 fully saturated rings. The number of ketones is 1. The van der Waals surface area contributed by atoms with Crippen molar-refractivity contribution in [1.82, 2.24) is 4.90 Å². The largest absolute Gasteiger partial charge is 0.387 e. The predicted octanol–water partition coefficient (Wildman–Crippen LogP) is 5.08. The minimum atomic E-state index is -0.617. The van der Waals surface area contributed by atoms with Gasteiger partial charge in [0.1, 0.15) is 5.78 Å². The summed E-state index contributed by atoms with van der Waals surface area (Å²) in [4.78, 5) is 15.9. The Kier molecular flexibility index (Phi) is 6.29. The molecule has 0 aromatic heterocycles. The van der Waals surface area contributed by atoms with Crippen molar-refractivity contribution in [2.24, 2.45) is 40.4 Å². The Morgan fingerprint density at radius 2 is 1.69 bits per heavy atom. The van der Waals surface area contributed by atoms with E-state index in [0.29, 0.717) is 36.2 Å². The number of ether oxygens (including phenoxy) is 1. The maximum absolute atomic E-state index is 13.5. The summed E-state index contributed by atoms with van der Waals surface area (Å²) in [7, 11) is 1.72. The number of fused-ring (bicyclic) bond motifs is 5. The number of nitrogens with zero attached hydrogens (tertiary/aromatic N) is 1. The molecular weight excluding hydrogens is 398 g/mol. The first-order valence-corrected chi connectivity index (χ1v) is 13.8. The van der Waals surface area contributed by atoms with Crippen LogP contribution in [0.3, 0.4) is 0 Å². The number of carbonyl (C=O) groups is 1. The van der Waals surface area contributed by atoms with E-state index >= 15 is 0 Å². The highest BCUT2D eigenvalue weighted by Crippen LogP contribution is 2.68. The van der Waals surface area contributed by atoms with Crippen LogP contribution in [0.1, 0.15) is 90.9 Å². The Hall–Kier alpha value is -0.450. The van der Waals surface area contributed by atoms with E-state index in [2.05, 4.69) is 18.7 Å². The first kappa shape index (κ1) is 23.3. The summed E-state index contributed by atoms with van der Waals surface area (Å²) in [6.07, 6.45) is 14.3. The molecule has 0 aromatic carbocycles. The topological polar surface area (TPSA) is 49.8 Å². The summed E-state index contributed by atoms with van der Waals surface area (Å²) in [6.45, 7) is 8.48. The second kappa shape index (κ2) is 8.64. The third-order valence-electron chi connectivity index (χ3n) is 11.5. The fourth-order valence-electron chi connectivity index (χ4n) is 9.70. The van der Waals surface area contributed by atoms with E-state index in [4.69, 9.17) is 4.74 Å². The van der Waals surface area contributed by atoms with Gasteiger partial charge >= 0.3 is 0 Å². The molecule has 1 heterocycles. The van der Waals surface area contributed by atoms with Crippen LogP contribution in [-0.2, 0) is 9.53 Å². The van der Waals surface area contributed by atoms with E-state index in [1.54, 1.807) is 7.11 Å². The Labute approximate surface area is 195 Å². The van der Waals surface area contributed by atoms with E-state index < -0.39 is 5.60 Å². The van der Waals surface area contributed by atoms with Gasteiger partial charge in [0.05, 0.1) is 18.8 Å². The van der Waals surface area contributed by atoms with Crippen molar-refractivity contribution in [2.45, 2.75) is 96.5 Å². The monoisotopic (exact) mass is 445 g/mol. The van der Waals surface area contributed by atoms with Crippen LogP contribution in [0.4, 0.5) is 0 Å². The van der Waals surface area contributed by atoms with Gasteiger partial charge in [-0.25, -0.2) is 0 Å². The van der Waals surface area contributed by atoms with E-state index in [0.717, 1.165) is 56.5 Å². The molecular formula is C28H47NO3. The van der Waals surface area contributed by atoms with Gasteiger partial charge < -0.3 is 9.84 Å². The molecule has 0 spiro atoms. The van der Waals surface area contributed by atoms with Gasteiger partial charge in [0.2, 0.25) is 0 Å². The van der Waals surface area contributed by atoms with Gasteiger partial charge in [-0.1, -0.05) is 20.3 Å². The Morgan fingerprint density at radius 1 is 0.938 bits per heavy atom. The Morgan fingerprint density at radius 3 is 2.44 bits per heavy atom. The first-order chi connectivity index (χ1) is 15.3. The zero-order chi connectivity index (χ0) is 22.6. The van der Waals surface area contributed by atoms with Crippen LogP contribution in [0.5, 0.6) is 0 Å². The minimum absolute atomic E-state index is 0.225. The van der Waals surface area contributed by atoms with Gasteiger partial charge in [-0.15, -0.1) is 0 Å². The third-order valence-corrected chi connectivity index (χ3v) is 11.5. The highest BCUT2D eigenvalue weighted by molar-refractivity contribution is 5.84. The maximum Gasteiger partial charge on any atom is 0.150 e. The summed E-state index contributed by atoms with van der Waals surface area (Å²) in [6, 6.07) is 0. The standard InChI is InChI=1S/C28H47NO3/c1-26-13-14-28(31,19-32-3)17-20(26)7-8-21-22-9-10-24(27(22,2)12-11-23(21)26)25(30)18-29-15-5-4-6-16-29/h20-24,31H,4-19H2,1-3H3/t20-,21-,22-,23-,24+,26-,27-,28+/m0/s1. The van der Waals surface area contributed by atoms with Crippen LogP contribution >= 0.6 is 0 Å². The number of aliphatic hydroxyl groups is 1. The van der Waals surface area contributed by atoms with Crippen molar-refractivity contribution in [2.75, 3.05) is 33.4 Å². The number of carbonyl (C=O) groups excluding carboxylic acids is 1. The lowest BCUT2D eigenvalue weighted by Gasteiger charge is -2.62. The van der Waals surface area contributed by atoms with Crippen LogP contribution < -0.4 is 0 Å². The van der Waals surface area contributed by atoms with Crippen LogP contribution in [0.2, 0.25) is 0 Å². The number of hydrogen-bond acceptors (Lipinski definition) is 4. The summed E-state index contributed by atoms with van der Waals surface area (Å²) >= 11 is 0. The molecule has 5 aliphatic rings. The quantitative estimate of drug-likeness (QED) is 0.641. The lowest BCUT2D eigenvalue weighted by Crippen LogP contribution is -2.57. The van der Waals surface area contributed by atoms with Gasteiger partial charge in [0, 0.05) is 13.0 Å². The molecule has 4 aliphatic carbocycles. The lowest BCUT2D eigenvalue weighted by molar-refractivity contribution is -0.164.